The number of phosphoric acid groups is 1. The molecule has 3 aromatic rings. The quantitative estimate of drug-likeness (QED) is 0.194. The van der Waals surface area contributed by atoms with Crippen LogP contribution in [0.2, 0.25) is 0 Å². The van der Waals surface area contributed by atoms with Gasteiger partial charge in [-0.2, -0.15) is 4.57 Å². The number of aryl methyl sites for hydroxylation is 3. The van der Waals surface area contributed by atoms with Gasteiger partial charge in [0.25, 0.3) is 0 Å². The number of hydrogen-bond donors (Lipinski definition) is 0. The predicted molar refractivity (Wildman–Crippen MR) is 148 cm³/mol. The van der Waals surface area contributed by atoms with Gasteiger partial charge in [-0.05, 0) is 55.7 Å². The number of para-hydroxylation sites is 3. The van der Waals surface area contributed by atoms with Gasteiger partial charge in [0.05, 0.1) is 0 Å². The normalized spacial score (nSPS) is 7.36. The zero-order valence-electron chi connectivity index (χ0n) is 23.0. The van der Waals surface area contributed by atoms with E-state index >= 15 is 0 Å². The maximum absolute atomic E-state index is 13.5. The zero-order chi connectivity index (χ0) is 18.6. The summed E-state index contributed by atoms with van der Waals surface area (Å²) in [5.41, 5.74) is 2.53. The van der Waals surface area contributed by atoms with Gasteiger partial charge in [0.2, 0.25) is 0 Å². The van der Waals surface area contributed by atoms with Crippen LogP contribution < -0.4 is 43.1 Å². The molecule has 232 valence electrons. The van der Waals surface area contributed by atoms with E-state index in [1.165, 1.54) is 0 Å². The molecule has 0 amide bonds. The minimum absolute atomic E-state index is 0. The third kappa shape index (κ3) is 19.5. The maximum Gasteiger partial charge on any atom is 1.00 e. The van der Waals surface area contributed by atoms with Gasteiger partial charge >= 0.3 is 37.4 Å². The molecule has 39 heavy (non-hydrogen) atoms. The molecule has 0 aromatic heterocycles. The van der Waals surface area contributed by atoms with Crippen LogP contribution in [0, 0.1) is 20.8 Å². The monoisotopic (exact) mass is 608 g/mol. The molecule has 3 aromatic carbocycles. The predicted octanol–water partition coefficient (Wildman–Crippen LogP) is -6.52. The Morgan fingerprint density at radius 3 is 0.795 bits per heavy atom. The number of phosphoric ester groups is 1. The van der Waals surface area contributed by atoms with Crippen LogP contribution in [0.15, 0.2) is 72.8 Å². The molecule has 0 fully saturated rings. The van der Waals surface area contributed by atoms with Crippen molar-refractivity contribution < 1.29 is 115 Å². The second-order valence-corrected chi connectivity index (χ2v) is 7.46. The summed E-state index contributed by atoms with van der Waals surface area (Å²) in [5, 5.41) is 0. The third-order valence-corrected chi connectivity index (χ3v) is 5.17. The van der Waals surface area contributed by atoms with E-state index in [9.17, 15) is 4.57 Å². The molecule has 0 saturated carbocycles. The third-order valence-electron chi connectivity index (χ3n) is 3.91. The molecule has 3 rings (SSSR count). The first kappa shape index (κ1) is 70.9. The molecule has 0 aliphatic carbocycles. The van der Waals surface area contributed by atoms with E-state index in [1.54, 1.807) is 18.2 Å². The van der Waals surface area contributed by atoms with Crippen LogP contribution in [-0.2, 0) is 4.57 Å². The average molecular weight is 609 g/mol. The molecule has 0 spiro atoms. The Morgan fingerprint density at radius 1 is 0.436 bits per heavy atom. The van der Waals surface area contributed by atoms with Gasteiger partial charge in [0.1, 0.15) is 17.2 Å². The summed E-state index contributed by atoms with van der Waals surface area (Å²) in [4.78, 5) is 0. The molecule has 0 aliphatic heterocycles. The van der Waals surface area contributed by atoms with Crippen molar-refractivity contribution in [3.8, 4) is 17.2 Å². The van der Waals surface area contributed by atoms with Gasteiger partial charge < -0.3 is 80.7 Å². The summed E-state index contributed by atoms with van der Waals surface area (Å²) < 4.78 is 30.8. The molecule has 0 saturated heterocycles. The van der Waals surface area contributed by atoms with Crippen LogP contribution in [-0.4, -0.2) is 65.7 Å². The van der Waals surface area contributed by atoms with Crippen LogP contribution in [0.4, 0.5) is 0 Å². The molecule has 0 heterocycles. The molecule has 0 radical (unpaired) electrons. The zero-order valence-corrected chi connectivity index (χ0v) is 24.9. The molecular weight excluding hydrogens is 562 g/mol. The Morgan fingerprint density at radius 2 is 0.615 bits per heavy atom. The van der Waals surface area contributed by atoms with E-state index in [-0.39, 0.29) is 96.7 Å². The Balaban J connectivity index is -0.0000000560. The number of rotatable bonds is 6. The molecule has 0 aliphatic rings. The van der Waals surface area contributed by atoms with Crippen molar-refractivity contribution in [3.63, 3.8) is 0 Å². The molecule has 0 unspecified atom stereocenters. The Hall–Kier alpha value is -2.19. The van der Waals surface area contributed by atoms with Gasteiger partial charge in [0, 0.05) is 0 Å². The van der Waals surface area contributed by atoms with E-state index in [0.29, 0.717) is 17.2 Å². The molecule has 16 nitrogen and oxygen atoms in total. The standard InChI is InChI=1S/C21H21O4P.Na.12H2O.H/c1-16-10-4-7-13-19(16)23-26(22,24-20-14-8-5-11-17(20)2)25-21-15-9-6-12-18(21)3;;;;;;;;;;;;;;/h4-15H,1-3H3;;12*1H2;/q;+1;;;;;;;;;;;;;-1. The van der Waals surface area contributed by atoms with E-state index in [0.717, 1.165) is 16.7 Å². The molecule has 18 heteroatoms. The minimum atomic E-state index is -3.97. The van der Waals surface area contributed by atoms with Gasteiger partial charge in [-0.15, -0.1) is 0 Å². The van der Waals surface area contributed by atoms with Gasteiger partial charge in [-0.3, -0.25) is 0 Å². The molecule has 24 N–H and O–H groups in total. The summed E-state index contributed by atoms with van der Waals surface area (Å²) in [6.45, 7) is 5.63. The molecular formula is C21H46NaO16P. The van der Waals surface area contributed by atoms with E-state index in [4.69, 9.17) is 13.6 Å². The maximum atomic E-state index is 13.5. The summed E-state index contributed by atoms with van der Waals surface area (Å²) in [6, 6.07) is 22.0. The van der Waals surface area contributed by atoms with E-state index < -0.39 is 7.82 Å². The van der Waals surface area contributed by atoms with Crippen LogP contribution in [0.3, 0.4) is 0 Å². The topological polar surface area (TPSA) is 423 Å². The number of benzene rings is 3. The SMILES string of the molecule is Cc1ccccc1OP(=O)(Oc1ccccc1C)Oc1ccccc1C.O.O.O.O.O.O.O.O.O.O.O.O.[H-].[Na+]. The Labute approximate surface area is 249 Å². The fourth-order valence-electron chi connectivity index (χ4n) is 2.39. The fraction of sp³-hybridized carbons (Fsp3) is 0.143. The molecule has 0 bridgehead atoms. The average Bonchev–Trinajstić information content (AvgIpc) is 2.61. The largest absolute Gasteiger partial charge is 1.00 e. The fourth-order valence-corrected chi connectivity index (χ4v) is 3.84. The second kappa shape index (κ2) is 32.0. The van der Waals surface area contributed by atoms with Gasteiger partial charge in [-0.1, -0.05) is 54.6 Å². The smallest absolute Gasteiger partial charge is 1.00 e. The minimum Gasteiger partial charge on any atom is -1.00 e. The van der Waals surface area contributed by atoms with Gasteiger partial charge in [-0.25, -0.2) is 0 Å². The van der Waals surface area contributed by atoms with Crippen molar-refractivity contribution in [2.45, 2.75) is 20.8 Å². The van der Waals surface area contributed by atoms with Crippen molar-refractivity contribution in [2.75, 3.05) is 0 Å². The Kier molecular flexibility index (Phi) is 58.2. The van der Waals surface area contributed by atoms with Crippen LogP contribution in [0.1, 0.15) is 18.1 Å². The van der Waals surface area contributed by atoms with E-state index in [2.05, 4.69) is 0 Å². The van der Waals surface area contributed by atoms with Crippen molar-refractivity contribution in [3.05, 3.63) is 89.5 Å². The summed E-state index contributed by atoms with van der Waals surface area (Å²) in [6.07, 6.45) is 0. The van der Waals surface area contributed by atoms with E-state index in [1.807, 2.05) is 75.4 Å². The van der Waals surface area contributed by atoms with Gasteiger partial charge in [0.15, 0.2) is 0 Å². The first-order chi connectivity index (χ1) is 12.5. The van der Waals surface area contributed by atoms with Crippen molar-refractivity contribution >= 4 is 7.82 Å². The molecule has 0 atom stereocenters. The van der Waals surface area contributed by atoms with Crippen molar-refractivity contribution in [1.82, 2.24) is 0 Å². The van der Waals surface area contributed by atoms with Crippen molar-refractivity contribution in [2.24, 2.45) is 0 Å². The summed E-state index contributed by atoms with van der Waals surface area (Å²) in [7, 11) is -3.97. The van der Waals surface area contributed by atoms with Crippen LogP contribution in [0.5, 0.6) is 17.2 Å². The van der Waals surface area contributed by atoms with Crippen LogP contribution in [0.25, 0.3) is 0 Å². The summed E-state index contributed by atoms with van der Waals surface area (Å²) >= 11 is 0. The second-order valence-electron chi connectivity index (χ2n) is 6.02. The van der Waals surface area contributed by atoms with Crippen molar-refractivity contribution in [1.29, 1.82) is 0 Å². The first-order valence-electron chi connectivity index (χ1n) is 8.32. The Bertz CT molecular complexity index is 864. The summed E-state index contributed by atoms with van der Waals surface area (Å²) in [5.74, 6) is 1.37. The number of hydrogen-bond acceptors (Lipinski definition) is 4. The first-order valence-corrected chi connectivity index (χ1v) is 9.79. The van der Waals surface area contributed by atoms with Crippen LogP contribution >= 0.6 is 7.82 Å².